The smallest absolute Gasteiger partial charge is 0.263 e. The van der Waals surface area contributed by atoms with Crippen LogP contribution in [0.25, 0.3) is 21.0 Å². The lowest BCUT2D eigenvalue weighted by atomic mass is 10.1. The van der Waals surface area contributed by atoms with Crippen LogP contribution >= 0.6 is 22.9 Å². The van der Waals surface area contributed by atoms with E-state index < -0.39 is 0 Å². The van der Waals surface area contributed by atoms with Crippen LogP contribution in [0.5, 0.6) is 11.8 Å². The molecule has 6 heterocycles. The van der Waals surface area contributed by atoms with Gasteiger partial charge in [-0.05, 0) is 49.6 Å². The lowest BCUT2D eigenvalue weighted by Gasteiger charge is -2.34. The highest BCUT2D eigenvalue weighted by atomic mass is 35.5. The van der Waals surface area contributed by atoms with Gasteiger partial charge in [0.2, 0.25) is 17.0 Å². The van der Waals surface area contributed by atoms with E-state index in [9.17, 15) is 4.79 Å². The Morgan fingerprint density at radius 2 is 2.03 bits per heavy atom. The number of nitrogens with one attached hydrogen (secondary N) is 2. The first-order valence-electron chi connectivity index (χ1n) is 12.5. The van der Waals surface area contributed by atoms with Crippen LogP contribution in [0.4, 0.5) is 5.69 Å². The largest absolute Gasteiger partial charge is 0.420 e. The van der Waals surface area contributed by atoms with E-state index in [0.29, 0.717) is 41.8 Å². The summed E-state index contributed by atoms with van der Waals surface area (Å²) in [6.07, 6.45) is 4.01. The Morgan fingerprint density at radius 1 is 1.19 bits per heavy atom. The van der Waals surface area contributed by atoms with Gasteiger partial charge in [-0.3, -0.25) is 9.69 Å². The van der Waals surface area contributed by atoms with Crippen molar-refractivity contribution in [3.05, 3.63) is 46.2 Å². The van der Waals surface area contributed by atoms with Crippen molar-refractivity contribution in [1.29, 1.82) is 0 Å². The summed E-state index contributed by atoms with van der Waals surface area (Å²) in [5.74, 6) is 0.792. The third kappa shape index (κ3) is 4.08. The van der Waals surface area contributed by atoms with Crippen LogP contribution in [0.1, 0.15) is 35.0 Å². The first kappa shape index (κ1) is 23.1. The zero-order chi connectivity index (χ0) is 25.1. The molecule has 3 atom stereocenters. The van der Waals surface area contributed by atoms with Crippen molar-refractivity contribution in [3.63, 3.8) is 0 Å². The van der Waals surface area contributed by atoms with Gasteiger partial charge in [-0.1, -0.05) is 0 Å². The quantitative estimate of drug-likeness (QED) is 0.365. The summed E-state index contributed by atoms with van der Waals surface area (Å²) in [5, 5.41) is 8.59. The van der Waals surface area contributed by atoms with E-state index in [0.717, 1.165) is 58.3 Å². The van der Waals surface area contributed by atoms with Crippen LogP contribution in [0, 0.1) is 0 Å². The molecule has 2 bridgehead atoms. The first-order chi connectivity index (χ1) is 18.0. The maximum atomic E-state index is 12.7. The molecular weight excluding hydrogens is 512 g/mol. The highest BCUT2D eigenvalue weighted by Crippen LogP contribution is 2.41. The molecule has 0 aliphatic carbocycles. The van der Waals surface area contributed by atoms with Crippen LogP contribution in [0.15, 0.2) is 30.5 Å². The van der Waals surface area contributed by atoms with E-state index in [-0.39, 0.29) is 17.2 Å². The van der Waals surface area contributed by atoms with Gasteiger partial charge in [-0.25, -0.2) is 9.97 Å². The normalized spacial score (nSPS) is 23.5. The van der Waals surface area contributed by atoms with Gasteiger partial charge < -0.3 is 20.1 Å². The number of aromatic nitrogens is 3. The van der Waals surface area contributed by atoms with E-state index >= 15 is 0 Å². The van der Waals surface area contributed by atoms with Gasteiger partial charge in [0.1, 0.15) is 4.88 Å². The highest BCUT2D eigenvalue weighted by Gasteiger charge is 2.37. The van der Waals surface area contributed by atoms with E-state index in [4.69, 9.17) is 26.1 Å². The Hall–Kier alpha value is -3.05. The molecule has 1 aromatic carbocycles. The molecule has 0 saturated carbocycles. The fourth-order valence-electron chi connectivity index (χ4n) is 5.60. The van der Waals surface area contributed by atoms with Gasteiger partial charge in [0.15, 0.2) is 0 Å². The Bertz CT molecular complexity index is 1530. The molecule has 0 radical (unpaired) electrons. The molecule has 1 amide bonds. The maximum absolute atomic E-state index is 12.7. The second-order valence-corrected chi connectivity index (χ2v) is 11.3. The highest BCUT2D eigenvalue weighted by molar-refractivity contribution is 7.21. The number of rotatable bonds is 4. The second kappa shape index (κ2) is 9.05. The molecule has 3 aromatic heterocycles. The Labute approximate surface area is 222 Å². The molecule has 2 saturated heterocycles. The monoisotopic (exact) mass is 536 g/mol. The third-order valence-electron chi connectivity index (χ3n) is 7.41. The van der Waals surface area contributed by atoms with Crippen molar-refractivity contribution in [1.82, 2.24) is 25.2 Å². The molecule has 2 N–H and O–H groups in total. The number of anilines is 1. The van der Waals surface area contributed by atoms with E-state index in [2.05, 4.69) is 25.5 Å². The summed E-state index contributed by atoms with van der Waals surface area (Å²) in [6, 6.07) is 8.66. The molecule has 4 aromatic rings. The number of carbonyl (C=O) groups excluding carboxylic acids is 1. The zero-order valence-electron chi connectivity index (χ0n) is 20.2. The van der Waals surface area contributed by atoms with Gasteiger partial charge in [0.05, 0.1) is 24.4 Å². The maximum Gasteiger partial charge on any atom is 0.263 e. The number of hydrogen-bond donors (Lipinski definition) is 2. The number of carbonyl (C=O) groups is 1. The fraction of sp³-hybridized carbons (Fsp3) is 0.385. The van der Waals surface area contributed by atoms with Gasteiger partial charge in [-0.2, -0.15) is 4.98 Å². The number of fused-ring (bicyclic) bond motifs is 7. The van der Waals surface area contributed by atoms with Crippen LogP contribution < -0.4 is 15.4 Å². The van der Waals surface area contributed by atoms with Crippen molar-refractivity contribution in [2.45, 2.75) is 44.4 Å². The molecule has 3 unspecified atom stereocenters. The summed E-state index contributed by atoms with van der Waals surface area (Å²) in [5.41, 5.74) is 2.51. The molecule has 37 heavy (non-hydrogen) atoms. The van der Waals surface area contributed by atoms with E-state index in [1.165, 1.54) is 11.3 Å². The minimum atomic E-state index is -0.0448. The van der Waals surface area contributed by atoms with Crippen LogP contribution in [-0.2, 0) is 11.3 Å². The topological polar surface area (TPSA) is 102 Å². The Kier molecular flexibility index (Phi) is 5.65. The second-order valence-electron chi connectivity index (χ2n) is 9.88. The molecule has 3 aliphatic rings. The van der Waals surface area contributed by atoms with Gasteiger partial charge in [0, 0.05) is 64.5 Å². The summed E-state index contributed by atoms with van der Waals surface area (Å²) in [6.45, 7) is 4.84. The third-order valence-corrected chi connectivity index (χ3v) is 8.74. The van der Waals surface area contributed by atoms with Gasteiger partial charge in [-0.15, -0.1) is 11.3 Å². The van der Waals surface area contributed by atoms with Crippen molar-refractivity contribution < 1.29 is 14.3 Å². The molecule has 190 valence electrons. The lowest BCUT2D eigenvalue weighted by molar-refractivity contribution is -0.0190. The van der Waals surface area contributed by atoms with Crippen LogP contribution in [0.2, 0.25) is 5.28 Å². The van der Waals surface area contributed by atoms with Crippen LogP contribution in [-0.4, -0.2) is 63.6 Å². The predicted octanol–water partition coefficient (Wildman–Crippen LogP) is 4.59. The van der Waals surface area contributed by atoms with Crippen molar-refractivity contribution >= 4 is 55.5 Å². The van der Waals surface area contributed by atoms with Crippen molar-refractivity contribution in [3.8, 4) is 11.8 Å². The average Bonchev–Trinajstić information content (AvgIpc) is 3.30. The predicted molar refractivity (Wildman–Crippen MR) is 143 cm³/mol. The number of hydrogen-bond acceptors (Lipinski definition) is 9. The number of ether oxygens (including phenoxy) is 2. The minimum Gasteiger partial charge on any atom is -0.420 e. The van der Waals surface area contributed by atoms with E-state index in [1.807, 2.05) is 31.2 Å². The van der Waals surface area contributed by atoms with Gasteiger partial charge >= 0.3 is 0 Å². The average molecular weight is 537 g/mol. The SMILES string of the molecule is CC1CNc2c(sc3ccc4nc(Oc5nc(Cl)ncc5CN5C6CCC5COC6)ccc4c23)C(=O)N1. The molecule has 9 nitrogen and oxygen atoms in total. The number of thiophene rings is 1. The summed E-state index contributed by atoms with van der Waals surface area (Å²) in [4.78, 5) is 29.3. The molecule has 0 spiro atoms. The Balaban J connectivity index is 1.23. The number of morpholine rings is 1. The van der Waals surface area contributed by atoms with E-state index in [1.54, 1.807) is 6.20 Å². The molecule has 7 rings (SSSR count). The summed E-state index contributed by atoms with van der Waals surface area (Å²) < 4.78 is 13.0. The molecule has 11 heteroatoms. The lowest BCUT2D eigenvalue weighted by Crippen LogP contribution is -2.45. The number of amides is 1. The number of benzene rings is 1. The molecule has 2 fully saturated rings. The number of halogens is 1. The minimum absolute atomic E-state index is 0.0448. The summed E-state index contributed by atoms with van der Waals surface area (Å²) in [7, 11) is 0. The standard InChI is InChI=1S/C26H25ClN6O3S/c1-13-8-28-22-21-17-4-7-20(31-18(17)5-6-19(21)37-23(22)24(34)30-13)36-25-14(9-29-26(27)32-25)10-33-15-2-3-16(33)12-35-11-15/h4-7,9,13,15-16,28H,2-3,8,10-12H2,1H3,(H,30,34). The zero-order valence-corrected chi connectivity index (χ0v) is 21.7. The van der Waals surface area contributed by atoms with Gasteiger partial charge in [0.25, 0.3) is 5.91 Å². The fourth-order valence-corrected chi connectivity index (χ4v) is 6.82. The molecule has 3 aliphatic heterocycles. The van der Waals surface area contributed by atoms with Crippen molar-refractivity contribution in [2.24, 2.45) is 0 Å². The first-order valence-corrected chi connectivity index (χ1v) is 13.7. The summed E-state index contributed by atoms with van der Waals surface area (Å²) >= 11 is 7.64. The molecular formula is C26H25ClN6O3S. The number of pyridine rings is 1. The van der Waals surface area contributed by atoms with Crippen LogP contribution in [0.3, 0.4) is 0 Å². The number of nitrogens with zero attached hydrogens (tertiary/aromatic N) is 4. The van der Waals surface area contributed by atoms with Crippen molar-refractivity contribution in [2.75, 3.05) is 25.1 Å². The Morgan fingerprint density at radius 3 is 2.86 bits per heavy atom.